The van der Waals surface area contributed by atoms with Gasteiger partial charge in [0, 0.05) is 35.6 Å². The number of carbonyl (C=O) groups excluding carboxylic acids is 1. The number of anilines is 1. The topological polar surface area (TPSA) is 72.7 Å². The molecule has 0 unspecified atom stereocenters. The van der Waals surface area contributed by atoms with E-state index in [0.717, 1.165) is 10.7 Å². The molecule has 0 aliphatic carbocycles. The minimum absolute atomic E-state index is 0.0893. The van der Waals surface area contributed by atoms with Crippen LogP contribution in [-0.2, 0) is 11.0 Å². The van der Waals surface area contributed by atoms with Gasteiger partial charge in [-0.25, -0.2) is 9.67 Å². The predicted octanol–water partition coefficient (Wildman–Crippen LogP) is 5.83. The molecule has 6 nitrogen and oxygen atoms in total. The van der Waals surface area contributed by atoms with Crippen LogP contribution in [0.2, 0.25) is 0 Å². The van der Waals surface area contributed by atoms with E-state index in [-0.39, 0.29) is 16.5 Å². The average Bonchev–Trinajstić information content (AvgIpc) is 3.27. The van der Waals surface area contributed by atoms with Gasteiger partial charge in [0.15, 0.2) is 17.8 Å². The lowest BCUT2D eigenvalue weighted by Gasteiger charge is -2.09. The quantitative estimate of drug-likeness (QED) is 0.276. The number of alkyl halides is 3. The van der Waals surface area contributed by atoms with Crippen molar-refractivity contribution in [1.29, 1.82) is 0 Å². The average molecular weight is 476 g/mol. The number of halogens is 4. The Morgan fingerprint density at radius 1 is 1.24 bits per heavy atom. The van der Waals surface area contributed by atoms with Crippen LogP contribution in [0.15, 0.2) is 84.3 Å². The van der Waals surface area contributed by atoms with Gasteiger partial charge in [-0.2, -0.15) is 18.3 Å². The number of pyridine rings is 2. The summed E-state index contributed by atoms with van der Waals surface area (Å²) in [6.45, 7) is 5.27. The fourth-order valence-electron chi connectivity index (χ4n) is 2.47. The van der Waals surface area contributed by atoms with Crippen LogP contribution in [0.25, 0.3) is 17.1 Å². The lowest BCUT2D eigenvalue weighted by Crippen LogP contribution is -2.14. The molecule has 0 bridgehead atoms. The van der Waals surface area contributed by atoms with Crippen molar-refractivity contribution in [3.8, 4) is 17.1 Å². The standard InChI is InChI=1S/C15H12F3N5.C8H9ClO/c1-19-11-4-5-14(21-9-11)23-13(15(16,17)18)7-12(22-23)10-3-2-6-20-8-10;1-3-4-5-8(6-10)7(2)9/h2-9,19H,1H3;3-6H,2H2,1H3/b;4-3-,8-5-. The summed E-state index contributed by atoms with van der Waals surface area (Å²) in [5.41, 5.74) is 0.913. The van der Waals surface area contributed by atoms with Crippen LogP contribution in [0, 0.1) is 0 Å². The maximum absolute atomic E-state index is 13.3. The lowest BCUT2D eigenvalue weighted by atomic mass is 10.2. The molecule has 0 fully saturated rings. The first-order chi connectivity index (χ1) is 15.7. The number of allylic oxidation sites excluding steroid dienone is 5. The van der Waals surface area contributed by atoms with Crippen molar-refractivity contribution in [3.63, 3.8) is 0 Å². The molecule has 3 heterocycles. The van der Waals surface area contributed by atoms with Crippen LogP contribution in [-0.4, -0.2) is 33.1 Å². The molecule has 33 heavy (non-hydrogen) atoms. The third-order valence-corrected chi connectivity index (χ3v) is 4.34. The highest BCUT2D eigenvalue weighted by molar-refractivity contribution is 6.33. The molecule has 0 aliphatic heterocycles. The maximum atomic E-state index is 13.3. The highest BCUT2D eigenvalue weighted by atomic mass is 35.5. The smallest absolute Gasteiger partial charge is 0.387 e. The fourth-order valence-corrected chi connectivity index (χ4v) is 2.57. The van der Waals surface area contributed by atoms with Crippen LogP contribution < -0.4 is 5.32 Å². The molecule has 3 aromatic heterocycles. The van der Waals surface area contributed by atoms with Gasteiger partial charge in [-0.15, -0.1) is 0 Å². The number of nitrogens with one attached hydrogen (secondary N) is 1. The van der Waals surface area contributed by atoms with E-state index in [2.05, 4.69) is 27.0 Å². The first kappa shape index (κ1) is 25.5. The van der Waals surface area contributed by atoms with Crippen molar-refractivity contribution in [2.75, 3.05) is 12.4 Å². The number of nitrogens with zero attached hydrogens (tertiary/aromatic N) is 4. The molecule has 172 valence electrons. The normalized spacial score (nSPS) is 11.6. The minimum atomic E-state index is -4.54. The second-order valence-electron chi connectivity index (χ2n) is 6.39. The Morgan fingerprint density at radius 2 is 2.00 bits per heavy atom. The number of hydrogen-bond acceptors (Lipinski definition) is 5. The van der Waals surface area contributed by atoms with E-state index >= 15 is 0 Å². The van der Waals surface area contributed by atoms with Gasteiger partial charge in [0.1, 0.15) is 0 Å². The summed E-state index contributed by atoms with van der Waals surface area (Å²) < 4.78 is 40.7. The molecule has 0 aromatic carbocycles. The van der Waals surface area contributed by atoms with Crippen LogP contribution >= 0.6 is 11.6 Å². The van der Waals surface area contributed by atoms with Gasteiger partial charge >= 0.3 is 6.18 Å². The van der Waals surface area contributed by atoms with Gasteiger partial charge in [-0.05, 0) is 37.3 Å². The molecule has 10 heteroatoms. The van der Waals surface area contributed by atoms with Gasteiger partial charge < -0.3 is 5.32 Å². The third kappa shape index (κ3) is 7.15. The monoisotopic (exact) mass is 475 g/mol. The van der Waals surface area contributed by atoms with E-state index in [1.807, 2.05) is 13.0 Å². The molecule has 0 saturated carbocycles. The van der Waals surface area contributed by atoms with Crippen LogP contribution in [0.1, 0.15) is 12.6 Å². The second kappa shape index (κ2) is 11.8. The molecule has 3 rings (SSSR count). The SMILES string of the molecule is C=C(Cl)/C(C=O)=C\C=C/C.CNc1ccc(-n2nc(-c3cccnc3)cc2C(F)(F)F)nc1. The summed E-state index contributed by atoms with van der Waals surface area (Å²) in [6.07, 6.45) is 5.74. The molecular formula is C23H21ClF3N5O. The molecule has 0 aliphatic rings. The van der Waals surface area contributed by atoms with E-state index in [9.17, 15) is 18.0 Å². The van der Waals surface area contributed by atoms with Gasteiger partial charge in [0.2, 0.25) is 0 Å². The number of aldehydes is 1. The molecule has 0 amide bonds. The molecule has 0 radical (unpaired) electrons. The summed E-state index contributed by atoms with van der Waals surface area (Å²) in [5, 5.41) is 7.18. The van der Waals surface area contributed by atoms with Crippen molar-refractivity contribution in [2.45, 2.75) is 13.1 Å². The zero-order valence-corrected chi connectivity index (χ0v) is 18.6. The third-order valence-electron chi connectivity index (χ3n) is 4.12. The van der Waals surface area contributed by atoms with Crippen LogP contribution in [0.5, 0.6) is 0 Å². The molecular weight excluding hydrogens is 455 g/mol. The van der Waals surface area contributed by atoms with Gasteiger partial charge in [-0.1, -0.05) is 36.4 Å². The number of aromatic nitrogens is 4. The van der Waals surface area contributed by atoms with E-state index in [4.69, 9.17) is 11.6 Å². The van der Waals surface area contributed by atoms with Crippen molar-refractivity contribution in [2.24, 2.45) is 0 Å². The first-order valence-electron chi connectivity index (χ1n) is 9.56. The highest BCUT2D eigenvalue weighted by Gasteiger charge is 2.36. The molecule has 0 spiro atoms. The van der Waals surface area contributed by atoms with Gasteiger partial charge in [0.05, 0.1) is 17.6 Å². The van der Waals surface area contributed by atoms with Crippen molar-refractivity contribution in [1.82, 2.24) is 19.7 Å². The van der Waals surface area contributed by atoms with Gasteiger partial charge in [0.25, 0.3) is 0 Å². The van der Waals surface area contributed by atoms with Crippen molar-refractivity contribution < 1.29 is 18.0 Å². The Hall–Kier alpha value is -3.72. The van der Waals surface area contributed by atoms with Crippen molar-refractivity contribution >= 4 is 23.6 Å². The highest BCUT2D eigenvalue weighted by Crippen LogP contribution is 2.33. The van der Waals surface area contributed by atoms with Gasteiger partial charge in [-0.3, -0.25) is 9.78 Å². The van der Waals surface area contributed by atoms with E-state index in [0.29, 0.717) is 23.1 Å². The molecule has 1 N–H and O–H groups in total. The Kier molecular flexibility index (Phi) is 9.11. The van der Waals surface area contributed by atoms with E-state index in [1.54, 1.807) is 43.6 Å². The zero-order valence-electron chi connectivity index (χ0n) is 17.8. The lowest BCUT2D eigenvalue weighted by molar-refractivity contribution is -0.142. The number of hydrogen-bond donors (Lipinski definition) is 1. The Bertz CT molecular complexity index is 1140. The summed E-state index contributed by atoms with van der Waals surface area (Å²) in [4.78, 5) is 18.1. The summed E-state index contributed by atoms with van der Waals surface area (Å²) >= 11 is 5.45. The first-order valence-corrected chi connectivity index (χ1v) is 9.93. The molecule has 0 atom stereocenters. The van der Waals surface area contributed by atoms with Crippen LogP contribution in [0.3, 0.4) is 0 Å². The zero-order chi connectivity index (χ0) is 24.4. The predicted molar refractivity (Wildman–Crippen MR) is 123 cm³/mol. The number of rotatable bonds is 6. The fraction of sp³-hybridized carbons (Fsp3) is 0.130. The van der Waals surface area contributed by atoms with E-state index in [1.165, 1.54) is 18.5 Å². The summed E-state index contributed by atoms with van der Waals surface area (Å²) in [6, 6.07) is 7.39. The Morgan fingerprint density at radius 3 is 2.48 bits per heavy atom. The Labute approximate surface area is 194 Å². The minimum Gasteiger partial charge on any atom is -0.387 e. The molecule has 0 saturated heterocycles. The number of carbonyl (C=O) groups is 1. The largest absolute Gasteiger partial charge is 0.433 e. The Balaban J connectivity index is 0.000000328. The van der Waals surface area contributed by atoms with E-state index < -0.39 is 11.9 Å². The summed E-state index contributed by atoms with van der Waals surface area (Å²) in [7, 11) is 1.70. The van der Waals surface area contributed by atoms with Crippen LogP contribution in [0.4, 0.5) is 18.9 Å². The second-order valence-corrected chi connectivity index (χ2v) is 6.85. The molecule has 3 aromatic rings. The summed E-state index contributed by atoms with van der Waals surface area (Å²) in [5.74, 6) is 0.0893. The maximum Gasteiger partial charge on any atom is 0.433 e. The van der Waals surface area contributed by atoms with Crippen molar-refractivity contribution in [3.05, 3.63) is 90.0 Å².